The third kappa shape index (κ3) is 3.69. The van der Waals surface area contributed by atoms with Crippen LogP contribution in [0.3, 0.4) is 0 Å². The zero-order valence-corrected chi connectivity index (χ0v) is 10.7. The minimum absolute atomic E-state index is 0.111. The van der Waals surface area contributed by atoms with Crippen molar-refractivity contribution in [3.05, 3.63) is 71.3 Å². The zero-order valence-electron chi connectivity index (χ0n) is 10.7. The van der Waals surface area contributed by atoms with Gasteiger partial charge in [0, 0.05) is 13.1 Å². The lowest BCUT2D eigenvalue weighted by Crippen LogP contribution is -2.17. The fraction of sp³-hybridized carbons (Fsp3) is 0.250. The van der Waals surface area contributed by atoms with Crippen molar-refractivity contribution in [3.63, 3.8) is 0 Å². The van der Waals surface area contributed by atoms with Gasteiger partial charge in [-0.1, -0.05) is 54.6 Å². The van der Waals surface area contributed by atoms with E-state index in [-0.39, 0.29) is 6.61 Å². The maximum absolute atomic E-state index is 8.99. The Kier molecular flexibility index (Phi) is 4.51. The highest BCUT2D eigenvalue weighted by molar-refractivity contribution is 5.22. The van der Waals surface area contributed by atoms with E-state index < -0.39 is 0 Å². The molecule has 1 N–H and O–H groups in total. The van der Waals surface area contributed by atoms with Crippen LogP contribution >= 0.6 is 0 Å². The summed E-state index contributed by atoms with van der Waals surface area (Å²) in [6, 6.07) is 18.6. The van der Waals surface area contributed by atoms with Gasteiger partial charge in [0.25, 0.3) is 0 Å². The average molecular weight is 241 g/mol. The Balaban J connectivity index is 1.92. The summed E-state index contributed by atoms with van der Waals surface area (Å²) in [4.78, 5) is 2.28. The standard InChI is InChI=1S/C16H19NO/c1-17(11-14-5-3-2-4-6-14)12-15-7-9-16(13-18)10-8-15/h2-10,18H,11-13H2,1H3. The van der Waals surface area contributed by atoms with Crippen molar-refractivity contribution in [1.82, 2.24) is 4.90 Å². The molecule has 0 aliphatic heterocycles. The normalized spacial score (nSPS) is 10.8. The Morgan fingerprint density at radius 3 is 1.83 bits per heavy atom. The first kappa shape index (κ1) is 12.8. The van der Waals surface area contributed by atoms with E-state index in [1.807, 2.05) is 18.2 Å². The molecule has 0 radical (unpaired) electrons. The van der Waals surface area contributed by atoms with Crippen LogP contribution in [0.5, 0.6) is 0 Å². The fourth-order valence-corrected chi connectivity index (χ4v) is 2.01. The van der Waals surface area contributed by atoms with Crippen molar-refractivity contribution in [1.29, 1.82) is 0 Å². The molecule has 0 unspecified atom stereocenters. The third-order valence-electron chi connectivity index (χ3n) is 2.95. The summed E-state index contributed by atoms with van der Waals surface area (Å²) in [5.41, 5.74) is 3.56. The van der Waals surface area contributed by atoms with Gasteiger partial charge in [0.2, 0.25) is 0 Å². The van der Waals surface area contributed by atoms with E-state index in [1.54, 1.807) is 0 Å². The van der Waals surface area contributed by atoms with Gasteiger partial charge in [-0.15, -0.1) is 0 Å². The molecule has 2 nitrogen and oxygen atoms in total. The molecule has 94 valence electrons. The second-order valence-corrected chi connectivity index (χ2v) is 4.63. The van der Waals surface area contributed by atoms with Gasteiger partial charge in [0.15, 0.2) is 0 Å². The van der Waals surface area contributed by atoms with E-state index >= 15 is 0 Å². The van der Waals surface area contributed by atoms with Gasteiger partial charge in [-0.05, 0) is 23.7 Å². The maximum atomic E-state index is 8.99. The van der Waals surface area contributed by atoms with Crippen LogP contribution in [0, 0.1) is 0 Å². The van der Waals surface area contributed by atoms with Gasteiger partial charge in [0.05, 0.1) is 6.61 Å². The van der Waals surface area contributed by atoms with Crippen LogP contribution in [0.4, 0.5) is 0 Å². The Morgan fingerprint density at radius 1 is 0.778 bits per heavy atom. The molecular formula is C16H19NO. The van der Waals surface area contributed by atoms with Gasteiger partial charge in [-0.3, -0.25) is 4.90 Å². The van der Waals surface area contributed by atoms with Crippen LogP contribution in [-0.2, 0) is 19.7 Å². The van der Waals surface area contributed by atoms with E-state index in [4.69, 9.17) is 5.11 Å². The highest BCUT2D eigenvalue weighted by atomic mass is 16.3. The van der Waals surface area contributed by atoms with E-state index in [9.17, 15) is 0 Å². The van der Waals surface area contributed by atoms with E-state index in [0.29, 0.717) is 0 Å². The predicted octanol–water partition coefficient (Wildman–Crippen LogP) is 2.81. The van der Waals surface area contributed by atoms with Gasteiger partial charge < -0.3 is 5.11 Å². The zero-order chi connectivity index (χ0) is 12.8. The van der Waals surface area contributed by atoms with Gasteiger partial charge in [0.1, 0.15) is 0 Å². The molecule has 2 rings (SSSR count). The largest absolute Gasteiger partial charge is 0.392 e. The smallest absolute Gasteiger partial charge is 0.0681 e. The minimum Gasteiger partial charge on any atom is -0.392 e. The topological polar surface area (TPSA) is 23.5 Å². The van der Waals surface area contributed by atoms with Crippen LogP contribution in [0.15, 0.2) is 54.6 Å². The van der Waals surface area contributed by atoms with Gasteiger partial charge in [-0.2, -0.15) is 0 Å². The maximum Gasteiger partial charge on any atom is 0.0681 e. The predicted molar refractivity (Wildman–Crippen MR) is 74.0 cm³/mol. The van der Waals surface area contributed by atoms with Crippen LogP contribution in [0.25, 0.3) is 0 Å². The summed E-state index contributed by atoms with van der Waals surface area (Å²) in [7, 11) is 2.12. The molecule has 2 aromatic carbocycles. The Bertz CT molecular complexity index is 464. The number of rotatable bonds is 5. The van der Waals surface area contributed by atoms with Crippen LogP contribution in [0.1, 0.15) is 16.7 Å². The molecule has 0 aliphatic rings. The molecule has 2 aromatic rings. The molecule has 0 aromatic heterocycles. The SMILES string of the molecule is CN(Cc1ccccc1)Cc1ccc(CO)cc1. The molecule has 0 aliphatic carbocycles. The molecule has 0 heterocycles. The van der Waals surface area contributed by atoms with Gasteiger partial charge in [-0.25, -0.2) is 0 Å². The van der Waals surface area contributed by atoms with Crippen molar-refractivity contribution in [2.75, 3.05) is 7.05 Å². The first-order valence-electron chi connectivity index (χ1n) is 6.19. The lowest BCUT2D eigenvalue weighted by atomic mass is 10.1. The molecular weight excluding hydrogens is 222 g/mol. The molecule has 0 atom stereocenters. The molecule has 0 amide bonds. The van der Waals surface area contributed by atoms with Crippen molar-refractivity contribution in [2.24, 2.45) is 0 Å². The summed E-state index contributed by atoms with van der Waals surface area (Å²) >= 11 is 0. The van der Waals surface area contributed by atoms with Gasteiger partial charge >= 0.3 is 0 Å². The summed E-state index contributed by atoms with van der Waals surface area (Å²) in [5.74, 6) is 0. The quantitative estimate of drug-likeness (QED) is 0.870. The minimum atomic E-state index is 0.111. The van der Waals surface area contributed by atoms with E-state index in [2.05, 4.69) is 48.3 Å². The lowest BCUT2D eigenvalue weighted by Gasteiger charge is -2.17. The Hall–Kier alpha value is -1.64. The van der Waals surface area contributed by atoms with E-state index in [0.717, 1.165) is 18.7 Å². The third-order valence-corrected chi connectivity index (χ3v) is 2.95. The van der Waals surface area contributed by atoms with Crippen LogP contribution in [0.2, 0.25) is 0 Å². The first-order chi connectivity index (χ1) is 8.78. The lowest BCUT2D eigenvalue weighted by molar-refractivity contribution is 0.281. The Morgan fingerprint density at radius 2 is 1.28 bits per heavy atom. The molecule has 0 saturated carbocycles. The van der Waals surface area contributed by atoms with Crippen molar-refractivity contribution >= 4 is 0 Å². The molecule has 0 bridgehead atoms. The van der Waals surface area contributed by atoms with Crippen molar-refractivity contribution in [3.8, 4) is 0 Å². The molecule has 0 spiro atoms. The average Bonchev–Trinajstić information content (AvgIpc) is 2.40. The van der Waals surface area contributed by atoms with Crippen molar-refractivity contribution in [2.45, 2.75) is 19.7 Å². The summed E-state index contributed by atoms with van der Waals surface area (Å²) in [5, 5.41) is 8.99. The van der Waals surface area contributed by atoms with Crippen LogP contribution in [-0.4, -0.2) is 17.1 Å². The number of benzene rings is 2. The summed E-state index contributed by atoms with van der Waals surface area (Å²) < 4.78 is 0. The Labute approximate surface area is 109 Å². The fourth-order valence-electron chi connectivity index (χ4n) is 2.01. The highest BCUT2D eigenvalue weighted by Crippen LogP contribution is 2.09. The van der Waals surface area contributed by atoms with Crippen LogP contribution < -0.4 is 0 Å². The second kappa shape index (κ2) is 6.34. The monoisotopic (exact) mass is 241 g/mol. The summed E-state index contributed by atoms with van der Waals surface area (Å²) in [6.45, 7) is 1.98. The number of aliphatic hydroxyl groups excluding tert-OH is 1. The molecule has 0 fully saturated rings. The second-order valence-electron chi connectivity index (χ2n) is 4.63. The number of nitrogens with zero attached hydrogens (tertiary/aromatic N) is 1. The highest BCUT2D eigenvalue weighted by Gasteiger charge is 2.01. The number of hydrogen-bond donors (Lipinski definition) is 1. The molecule has 0 saturated heterocycles. The number of aliphatic hydroxyl groups is 1. The van der Waals surface area contributed by atoms with E-state index in [1.165, 1.54) is 11.1 Å². The number of hydrogen-bond acceptors (Lipinski definition) is 2. The molecule has 2 heteroatoms. The summed E-state index contributed by atoms with van der Waals surface area (Å²) in [6.07, 6.45) is 0. The first-order valence-corrected chi connectivity index (χ1v) is 6.19. The van der Waals surface area contributed by atoms with Crippen molar-refractivity contribution < 1.29 is 5.11 Å². The molecule has 18 heavy (non-hydrogen) atoms.